The zero-order chi connectivity index (χ0) is 11.4. The molecule has 0 aromatic heterocycles. The van der Waals surface area contributed by atoms with Crippen molar-refractivity contribution in [1.82, 2.24) is 16.2 Å². The predicted molar refractivity (Wildman–Crippen MR) is 69.3 cm³/mol. The van der Waals surface area contributed by atoms with Crippen LogP contribution in [0, 0.1) is 0 Å². The molecule has 0 aliphatic carbocycles. The van der Waals surface area contributed by atoms with Crippen molar-refractivity contribution in [2.24, 2.45) is 5.14 Å². The summed E-state index contributed by atoms with van der Waals surface area (Å²) in [5.74, 6) is 1.06. The molecule has 0 spiro atoms. The summed E-state index contributed by atoms with van der Waals surface area (Å²) >= 11 is 1.43. The fourth-order valence-corrected chi connectivity index (χ4v) is 1.65. The Bertz CT molecular complexity index is 162. The number of hydrazine groups is 1. The van der Waals surface area contributed by atoms with E-state index in [0.717, 1.165) is 18.7 Å². The van der Waals surface area contributed by atoms with Crippen LogP contribution in [-0.4, -0.2) is 26.4 Å². The highest BCUT2D eigenvalue weighted by Crippen LogP contribution is 2.07. The number of hydrogen-bond donors (Lipinski definition) is 4. The highest BCUT2D eigenvalue weighted by Gasteiger charge is 1.95. The summed E-state index contributed by atoms with van der Waals surface area (Å²) in [6.45, 7) is 0.905. The molecule has 0 aliphatic rings. The van der Waals surface area contributed by atoms with E-state index in [2.05, 4.69) is 22.2 Å². The van der Waals surface area contributed by atoms with Crippen molar-refractivity contribution in [2.45, 2.75) is 25.7 Å². The van der Waals surface area contributed by atoms with E-state index in [1.165, 1.54) is 36.9 Å². The highest BCUT2D eigenvalue weighted by atomic mass is 32.2. The summed E-state index contributed by atoms with van der Waals surface area (Å²) in [4.78, 5) is 0. The van der Waals surface area contributed by atoms with Crippen molar-refractivity contribution in [2.75, 3.05) is 26.4 Å². The van der Waals surface area contributed by atoms with Gasteiger partial charge in [-0.1, -0.05) is 24.4 Å². The van der Waals surface area contributed by atoms with E-state index in [1.54, 1.807) is 0 Å². The van der Waals surface area contributed by atoms with E-state index in [9.17, 15) is 0 Å². The third-order valence-corrected chi connectivity index (χ3v) is 2.57. The maximum absolute atomic E-state index is 5.36. The first-order valence-electron chi connectivity index (χ1n) is 5.43. The fraction of sp³-hybridized carbons (Fsp3) is 0.800. The first-order valence-corrected chi connectivity index (χ1v) is 6.48. The van der Waals surface area contributed by atoms with Crippen LogP contribution in [0.2, 0.25) is 0 Å². The molecule has 5 N–H and O–H groups in total. The van der Waals surface area contributed by atoms with Crippen molar-refractivity contribution in [3.8, 4) is 0 Å². The van der Waals surface area contributed by atoms with E-state index in [4.69, 9.17) is 5.14 Å². The van der Waals surface area contributed by atoms with Gasteiger partial charge in [0.1, 0.15) is 0 Å². The molecule has 0 saturated carbocycles. The van der Waals surface area contributed by atoms with E-state index in [1.807, 2.05) is 14.1 Å². The van der Waals surface area contributed by atoms with Gasteiger partial charge in [-0.05, 0) is 26.3 Å². The highest BCUT2D eigenvalue weighted by molar-refractivity contribution is 7.97. The predicted octanol–water partition coefficient (Wildman–Crippen LogP) is 0.981. The first kappa shape index (κ1) is 14.8. The molecule has 0 aromatic rings. The number of unbranched alkanes of at least 4 members (excludes halogenated alkanes) is 2. The van der Waals surface area contributed by atoms with Gasteiger partial charge in [-0.2, -0.15) is 0 Å². The number of nitrogens with two attached hydrogens (primary N) is 1. The molecule has 0 radical (unpaired) electrons. The second-order valence-electron chi connectivity index (χ2n) is 3.34. The molecule has 0 aliphatic heterocycles. The van der Waals surface area contributed by atoms with Gasteiger partial charge in [-0.25, -0.2) is 5.43 Å². The van der Waals surface area contributed by atoms with Gasteiger partial charge in [0.15, 0.2) is 0 Å². The fourth-order valence-electron chi connectivity index (χ4n) is 1.28. The second-order valence-corrected chi connectivity index (χ2v) is 4.09. The van der Waals surface area contributed by atoms with Crippen LogP contribution in [0.5, 0.6) is 0 Å². The molecule has 90 valence electrons. The third kappa shape index (κ3) is 10.1. The summed E-state index contributed by atoms with van der Waals surface area (Å²) in [5.41, 5.74) is 7.36. The van der Waals surface area contributed by atoms with Crippen LogP contribution < -0.4 is 21.3 Å². The van der Waals surface area contributed by atoms with E-state index in [-0.39, 0.29) is 0 Å². The number of likely N-dealkylation sites (N-methyl/N-ethyl adjacent to an activating group) is 1. The molecule has 4 nitrogen and oxygen atoms in total. The minimum atomic E-state index is 0.905. The average molecular weight is 232 g/mol. The van der Waals surface area contributed by atoms with Crippen LogP contribution in [0.3, 0.4) is 0 Å². The lowest BCUT2D eigenvalue weighted by Gasteiger charge is -2.09. The van der Waals surface area contributed by atoms with Crippen molar-refractivity contribution in [3.63, 3.8) is 0 Å². The van der Waals surface area contributed by atoms with Gasteiger partial charge in [0.25, 0.3) is 0 Å². The van der Waals surface area contributed by atoms with Crippen LogP contribution in [0.4, 0.5) is 0 Å². The van der Waals surface area contributed by atoms with E-state index < -0.39 is 0 Å². The molecule has 0 fully saturated rings. The quantitative estimate of drug-likeness (QED) is 0.257. The topological polar surface area (TPSA) is 62.1 Å². The lowest BCUT2D eigenvalue weighted by molar-refractivity contribution is 0.617. The van der Waals surface area contributed by atoms with Crippen LogP contribution >= 0.6 is 11.9 Å². The molecule has 5 heteroatoms. The number of nitrogens with one attached hydrogen (secondary N) is 3. The van der Waals surface area contributed by atoms with Crippen LogP contribution in [0.15, 0.2) is 11.8 Å². The van der Waals surface area contributed by atoms with Gasteiger partial charge in [0.05, 0.1) is 0 Å². The Hall–Kier alpha value is -0.230. The zero-order valence-corrected chi connectivity index (χ0v) is 10.6. The minimum absolute atomic E-state index is 0.905. The summed E-state index contributed by atoms with van der Waals surface area (Å²) in [5, 5.41) is 8.46. The van der Waals surface area contributed by atoms with Gasteiger partial charge >= 0.3 is 0 Å². The minimum Gasteiger partial charge on any atom is -0.326 e. The van der Waals surface area contributed by atoms with Crippen molar-refractivity contribution in [1.29, 1.82) is 0 Å². The Morgan fingerprint density at radius 3 is 2.67 bits per heavy atom. The van der Waals surface area contributed by atoms with E-state index >= 15 is 0 Å². The van der Waals surface area contributed by atoms with Gasteiger partial charge in [0.2, 0.25) is 0 Å². The Morgan fingerprint density at radius 1 is 1.27 bits per heavy atom. The maximum atomic E-state index is 5.36. The van der Waals surface area contributed by atoms with Crippen LogP contribution in [-0.2, 0) is 0 Å². The summed E-state index contributed by atoms with van der Waals surface area (Å²) in [6.07, 6.45) is 6.93. The van der Waals surface area contributed by atoms with Gasteiger partial charge in [-0.15, -0.1) is 0 Å². The number of hydrogen-bond acceptors (Lipinski definition) is 5. The monoisotopic (exact) mass is 232 g/mol. The summed E-state index contributed by atoms with van der Waals surface area (Å²) < 4.78 is 0. The molecule has 15 heavy (non-hydrogen) atoms. The number of rotatable bonds is 10. The van der Waals surface area contributed by atoms with Gasteiger partial charge in [-0.3, -0.25) is 5.14 Å². The third-order valence-electron chi connectivity index (χ3n) is 2.05. The van der Waals surface area contributed by atoms with Gasteiger partial charge in [0, 0.05) is 25.0 Å². The molecule has 0 atom stereocenters. The molecule has 0 amide bonds. The Balaban J connectivity index is 3.56. The SMILES string of the molecule is CNC/C=C(/CCCCCSN)NNC. The molecule has 0 unspecified atom stereocenters. The van der Waals surface area contributed by atoms with Crippen molar-refractivity contribution >= 4 is 11.9 Å². The Kier molecular flexibility index (Phi) is 11.7. The summed E-state index contributed by atoms with van der Waals surface area (Å²) in [7, 11) is 3.84. The molecule has 0 saturated heterocycles. The average Bonchev–Trinajstić information content (AvgIpc) is 2.25. The lowest BCUT2D eigenvalue weighted by atomic mass is 10.1. The molecular weight excluding hydrogens is 208 g/mol. The normalized spacial score (nSPS) is 11.8. The van der Waals surface area contributed by atoms with E-state index in [0.29, 0.717) is 0 Å². The molecule has 0 bridgehead atoms. The maximum Gasteiger partial charge on any atom is 0.0234 e. The first-order chi connectivity index (χ1) is 7.35. The standard InChI is InChI=1S/C10H24N4S/c1-12-8-7-10(14-13-2)6-4-3-5-9-15-11/h7,12-14H,3-6,8-9,11H2,1-2H3/b10-7-. The largest absolute Gasteiger partial charge is 0.326 e. The molecule has 0 aromatic carbocycles. The van der Waals surface area contributed by atoms with Gasteiger partial charge < -0.3 is 10.7 Å². The second kappa shape index (κ2) is 11.8. The number of allylic oxidation sites excluding steroid dienone is 1. The zero-order valence-electron chi connectivity index (χ0n) is 9.81. The van der Waals surface area contributed by atoms with Crippen LogP contribution in [0.25, 0.3) is 0 Å². The Morgan fingerprint density at radius 2 is 2.07 bits per heavy atom. The van der Waals surface area contributed by atoms with Crippen molar-refractivity contribution in [3.05, 3.63) is 11.8 Å². The smallest absolute Gasteiger partial charge is 0.0234 e. The van der Waals surface area contributed by atoms with Crippen molar-refractivity contribution < 1.29 is 0 Å². The Labute approximate surface area is 97.6 Å². The molecule has 0 heterocycles. The van der Waals surface area contributed by atoms with Crippen LogP contribution in [0.1, 0.15) is 25.7 Å². The lowest BCUT2D eigenvalue weighted by Crippen LogP contribution is -2.27. The molecule has 0 rings (SSSR count). The molecular formula is C10H24N4S. The summed E-state index contributed by atoms with van der Waals surface area (Å²) in [6, 6.07) is 0.